The van der Waals surface area contributed by atoms with Crippen LogP contribution in [0.5, 0.6) is 5.75 Å². The molecule has 1 aromatic carbocycles. The van der Waals surface area contributed by atoms with Gasteiger partial charge in [0.2, 0.25) is 0 Å². The fourth-order valence-electron chi connectivity index (χ4n) is 1.92. The Bertz CT molecular complexity index is 466. The number of carboxylic acid groups (broad SMARTS) is 1. The van der Waals surface area contributed by atoms with Gasteiger partial charge in [-0.05, 0) is 12.1 Å². The number of aromatic carboxylic acids is 1. The number of ether oxygens (including phenoxy) is 2. The van der Waals surface area contributed by atoms with E-state index in [0.717, 1.165) is 25.2 Å². The molecule has 1 aliphatic heterocycles. The first-order valence-corrected chi connectivity index (χ1v) is 6.23. The van der Waals surface area contributed by atoms with Crippen LogP contribution in [-0.4, -0.2) is 55.4 Å². The Balaban J connectivity index is 1.93. The third kappa shape index (κ3) is 3.64. The van der Waals surface area contributed by atoms with Gasteiger partial charge in [0.25, 0.3) is 0 Å². The first-order chi connectivity index (χ1) is 9.58. The molecule has 1 fully saturated rings. The van der Waals surface area contributed by atoms with Crippen molar-refractivity contribution in [3.63, 3.8) is 0 Å². The Hall–Kier alpha value is -1.73. The van der Waals surface area contributed by atoms with E-state index in [4.69, 9.17) is 14.6 Å². The number of carboxylic acids is 1. The molecular weight excluding hydrogens is 272 g/mol. The van der Waals surface area contributed by atoms with E-state index < -0.39 is 28.9 Å². The number of hydrogen-bond acceptors (Lipinski definition) is 4. The molecule has 0 atom stereocenters. The van der Waals surface area contributed by atoms with Gasteiger partial charge < -0.3 is 14.6 Å². The van der Waals surface area contributed by atoms with Crippen molar-refractivity contribution < 1.29 is 28.2 Å². The fraction of sp³-hybridized carbons (Fsp3) is 0.462. The third-order valence-electron chi connectivity index (χ3n) is 3.00. The van der Waals surface area contributed by atoms with Crippen molar-refractivity contribution in [1.82, 2.24) is 4.90 Å². The zero-order chi connectivity index (χ0) is 14.5. The van der Waals surface area contributed by atoms with E-state index >= 15 is 0 Å². The van der Waals surface area contributed by atoms with Gasteiger partial charge in [-0.2, -0.15) is 0 Å². The van der Waals surface area contributed by atoms with E-state index in [1.165, 1.54) is 0 Å². The Labute approximate surface area is 114 Å². The molecule has 110 valence electrons. The minimum absolute atomic E-state index is 0.125. The van der Waals surface area contributed by atoms with Crippen LogP contribution >= 0.6 is 0 Å². The second-order valence-corrected chi connectivity index (χ2v) is 4.38. The molecule has 0 unspecified atom stereocenters. The van der Waals surface area contributed by atoms with Crippen LogP contribution in [0.1, 0.15) is 10.4 Å². The van der Waals surface area contributed by atoms with Crippen LogP contribution in [0.2, 0.25) is 0 Å². The largest absolute Gasteiger partial charge is 0.486 e. The first kappa shape index (κ1) is 14.7. The van der Waals surface area contributed by atoms with E-state index in [-0.39, 0.29) is 6.61 Å². The molecule has 1 heterocycles. The lowest BCUT2D eigenvalue weighted by atomic mass is 10.2. The summed E-state index contributed by atoms with van der Waals surface area (Å²) in [5.41, 5.74) is -0.444. The van der Waals surface area contributed by atoms with E-state index in [1.807, 2.05) is 0 Å². The average Bonchev–Trinajstić information content (AvgIpc) is 2.42. The van der Waals surface area contributed by atoms with Crippen molar-refractivity contribution in [3.05, 3.63) is 29.3 Å². The Morgan fingerprint density at radius 1 is 1.30 bits per heavy atom. The van der Waals surface area contributed by atoms with Crippen molar-refractivity contribution in [2.75, 3.05) is 39.5 Å². The Morgan fingerprint density at radius 3 is 2.45 bits per heavy atom. The van der Waals surface area contributed by atoms with Crippen molar-refractivity contribution in [2.24, 2.45) is 0 Å². The van der Waals surface area contributed by atoms with Crippen LogP contribution in [0.15, 0.2) is 12.1 Å². The molecule has 1 aliphatic rings. The van der Waals surface area contributed by atoms with Gasteiger partial charge in [0.15, 0.2) is 17.4 Å². The summed E-state index contributed by atoms with van der Waals surface area (Å²) in [6.07, 6.45) is 0. The lowest BCUT2D eigenvalue weighted by molar-refractivity contribution is 0.0318. The van der Waals surface area contributed by atoms with Crippen molar-refractivity contribution in [2.45, 2.75) is 0 Å². The van der Waals surface area contributed by atoms with Crippen LogP contribution in [-0.2, 0) is 4.74 Å². The second kappa shape index (κ2) is 6.62. The van der Waals surface area contributed by atoms with Crippen LogP contribution in [0, 0.1) is 11.6 Å². The Morgan fingerprint density at radius 2 is 1.90 bits per heavy atom. The van der Waals surface area contributed by atoms with E-state index in [2.05, 4.69) is 4.90 Å². The molecule has 0 aromatic heterocycles. The van der Waals surface area contributed by atoms with Gasteiger partial charge in [-0.25, -0.2) is 13.6 Å². The average molecular weight is 287 g/mol. The highest BCUT2D eigenvalue weighted by Crippen LogP contribution is 2.23. The molecule has 7 heteroatoms. The standard InChI is InChI=1S/C13H15F2NO4/c14-10-7-9(13(17)18)8-11(15)12(10)20-6-3-16-1-4-19-5-2-16/h7-8H,1-6H2,(H,17,18). The first-order valence-electron chi connectivity index (χ1n) is 6.23. The zero-order valence-electron chi connectivity index (χ0n) is 10.8. The monoisotopic (exact) mass is 287 g/mol. The van der Waals surface area contributed by atoms with Gasteiger partial charge in [-0.15, -0.1) is 0 Å². The van der Waals surface area contributed by atoms with Crippen LogP contribution in [0.3, 0.4) is 0 Å². The molecule has 0 amide bonds. The molecular formula is C13H15F2NO4. The molecule has 1 N–H and O–H groups in total. The van der Waals surface area contributed by atoms with Crippen molar-refractivity contribution >= 4 is 5.97 Å². The fourth-order valence-corrected chi connectivity index (χ4v) is 1.92. The molecule has 0 spiro atoms. The minimum atomic E-state index is -1.39. The summed E-state index contributed by atoms with van der Waals surface area (Å²) in [6, 6.07) is 1.49. The van der Waals surface area contributed by atoms with Gasteiger partial charge in [-0.3, -0.25) is 4.90 Å². The summed E-state index contributed by atoms with van der Waals surface area (Å²) in [5, 5.41) is 8.68. The van der Waals surface area contributed by atoms with Crippen molar-refractivity contribution in [1.29, 1.82) is 0 Å². The van der Waals surface area contributed by atoms with Crippen LogP contribution in [0.25, 0.3) is 0 Å². The zero-order valence-corrected chi connectivity index (χ0v) is 10.8. The molecule has 1 aromatic rings. The summed E-state index contributed by atoms with van der Waals surface area (Å²) in [6.45, 7) is 3.44. The van der Waals surface area contributed by atoms with Gasteiger partial charge in [-0.1, -0.05) is 0 Å². The maximum Gasteiger partial charge on any atom is 0.335 e. The van der Waals surface area contributed by atoms with E-state index in [1.54, 1.807) is 0 Å². The SMILES string of the molecule is O=C(O)c1cc(F)c(OCCN2CCOCC2)c(F)c1. The summed E-state index contributed by atoms with van der Waals surface area (Å²) in [4.78, 5) is 12.7. The predicted octanol–water partition coefficient (Wildman–Crippen LogP) is 1.37. The number of carbonyl (C=O) groups is 1. The topological polar surface area (TPSA) is 59.0 Å². The second-order valence-electron chi connectivity index (χ2n) is 4.38. The summed E-state index contributed by atoms with van der Waals surface area (Å²) >= 11 is 0. The Kier molecular flexibility index (Phi) is 4.86. The van der Waals surface area contributed by atoms with Crippen LogP contribution < -0.4 is 4.74 Å². The highest BCUT2D eigenvalue weighted by atomic mass is 19.1. The summed E-state index contributed by atoms with van der Waals surface area (Å²) < 4.78 is 37.4. The number of rotatable bonds is 5. The van der Waals surface area contributed by atoms with Gasteiger partial charge >= 0.3 is 5.97 Å². The molecule has 1 saturated heterocycles. The summed E-state index contributed by atoms with van der Waals surface area (Å²) in [7, 11) is 0. The predicted molar refractivity (Wildman–Crippen MR) is 66.1 cm³/mol. The quantitative estimate of drug-likeness (QED) is 0.886. The van der Waals surface area contributed by atoms with Crippen LogP contribution in [0.4, 0.5) is 8.78 Å². The number of nitrogens with zero attached hydrogens (tertiary/aromatic N) is 1. The van der Waals surface area contributed by atoms with E-state index in [0.29, 0.717) is 19.8 Å². The molecule has 5 nitrogen and oxygen atoms in total. The van der Waals surface area contributed by atoms with Gasteiger partial charge in [0.1, 0.15) is 6.61 Å². The lowest BCUT2D eigenvalue weighted by Gasteiger charge is -2.26. The van der Waals surface area contributed by atoms with Crippen molar-refractivity contribution in [3.8, 4) is 5.75 Å². The number of hydrogen-bond donors (Lipinski definition) is 1. The summed E-state index contributed by atoms with van der Waals surface area (Å²) in [5.74, 6) is -3.94. The lowest BCUT2D eigenvalue weighted by Crippen LogP contribution is -2.38. The molecule has 0 saturated carbocycles. The number of benzene rings is 1. The third-order valence-corrected chi connectivity index (χ3v) is 3.00. The number of halogens is 2. The number of morpholine rings is 1. The minimum Gasteiger partial charge on any atom is -0.486 e. The maximum atomic E-state index is 13.6. The molecule has 20 heavy (non-hydrogen) atoms. The highest BCUT2D eigenvalue weighted by molar-refractivity contribution is 5.87. The van der Waals surface area contributed by atoms with Gasteiger partial charge in [0, 0.05) is 19.6 Å². The van der Waals surface area contributed by atoms with Gasteiger partial charge in [0.05, 0.1) is 18.8 Å². The smallest absolute Gasteiger partial charge is 0.335 e. The molecule has 0 aliphatic carbocycles. The highest BCUT2D eigenvalue weighted by Gasteiger charge is 2.16. The molecule has 0 radical (unpaired) electrons. The molecule has 2 rings (SSSR count). The molecule has 0 bridgehead atoms. The van der Waals surface area contributed by atoms with E-state index in [9.17, 15) is 13.6 Å². The normalized spacial score (nSPS) is 16.1. The maximum absolute atomic E-state index is 13.6.